The molecule has 0 saturated heterocycles. The van der Waals surface area contributed by atoms with Gasteiger partial charge in [-0.2, -0.15) is 5.10 Å². The first kappa shape index (κ1) is 30.2. The standard InChI is InChI=1S/C31H27FN4O4S2.H2O/c32-26-16-24(42(33)39)12-11-21(26)15-25-28(13-19-9-10-19)36(31-34-27(18-41-31)30(37)38)35-29(25)22-7-4-8-23(14-22)40-17-20-5-2-1-3-6-20;/h1-8,11-12,14,16,18-19H,9-10,13,15,17H2,(H2,33,39)(H,37,38);1H2. The average Bonchev–Trinajstić information content (AvgIpc) is 3.55. The molecule has 0 aliphatic heterocycles. The molecule has 9 nitrogen and oxygen atoms in total. The molecule has 43 heavy (non-hydrogen) atoms. The van der Waals surface area contributed by atoms with Gasteiger partial charge in [-0.25, -0.2) is 18.9 Å². The fraction of sp³-hybridized carbons (Fsp3) is 0.194. The number of carboxylic acid groups (broad SMARTS) is 1. The number of nitrogens with zero attached hydrogens (tertiary/aromatic N) is 3. The lowest BCUT2D eigenvalue weighted by atomic mass is 9.96. The van der Waals surface area contributed by atoms with Crippen LogP contribution in [-0.2, 0) is 34.6 Å². The third kappa shape index (κ3) is 6.89. The van der Waals surface area contributed by atoms with Crippen LogP contribution < -0.4 is 9.88 Å². The number of carboxylic acids is 1. The topological polar surface area (TPSA) is 150 Å². The van der Waals surface area contributed by atoms with Crippen molar-refractivity contribution in [3.8, 4) is 22.1 Å². The molecule has 2 aromatic heterocycles. The molecule has 1 saturated carbocycles. The highest BCUT2D eigenvalue weighted by Gasteiger charge is 2.30. The largest absolute Gasteiger partial charge is 0.870 e. The van der Waals surface area contributed by atoms with Crippen LogP contribution in [-0.4, -0.2) is 31.3 Å². The van der Waals surface area contributed by atoms with Crippen molar-refractivity contribution in [1.82, 2.24) is 14.8 Å². The van der Waals surface area contributed by atoms with Gasteiger partial charge in [0.1, 0.15) is 18.2 Å². The number of aromatic carboxylic acids is 1. The molecule has 0 amide bonds. The summed E-state index contributed by atoms with van der Waals surface area (Å²) < 4.78 is 34.8. The lowest BCUT2D eigenvalue weighted by Gasteiger charge is -2.10. The Morgan fingerprint density at radius 1 is 1.12 bits per heavy atom. The van der Waals surface area contributed by atoms with Gasteiger partial charge < -0.3 is 15.3 Å². The monoisotopic (exact) mass is 620 g/mol. The predicted molar refractivity (Wildman–Crippen MR) is 162 cm³/mol. The second kappa shape index (κ2) is 13.0. The van der Waals surface area contributed by atoms with Gasteiger partial charge in [-0.1, -0.05) is 52.7 Å². The van der Waals surface area contributed by atoms with E-state index in [0.717, 1.165) is 35.2 Å². The van der Waals surface area contributed by atoms with Crippen LogP contribution in [0.1, 0.15) is 45.7 Å². The third-order valence-electron chi connectivity index (χ3n) is 7.18. The van der Waals surface area contributed by atoms with E-state index in [1.807, 2.05) is 54.6 Å². The number of ether oxygens (including phenoxy) is 1. The van der Waals surface area contributed by atoms with Crippen LogP contribution in [0.25, 0.3) is 16.4 Å². The van der Waals surface area contributed by atoms with Crippen molar-refractivity contribution < 1.29 is 28.7 Å². The molecule has 1 atom stereocenters. The van der Waals surface area contributed by atoms with Crippen molar-refractivity contribution in [2.75, 3.05) is 0 Å². The van der Waals surface area contributed by atoms with E-state index in [9.17, 15) is 14.1 Å². The van der Waals surface area contributed by atoms with Crippen LogP contribution in [0.3, 0.4) is 0 Å². The summed E-state index contributed by atoms with van der Waals surface area (Å²) in [6.07, 6.45) is 3.07. The number of carbonyl (C=O) groups is 1. The number of hydrogen-bond donors (Lipinski definition) is 2. The zero-order valence-electron chi connectivity index (χ0n) is 22.9. The minimum atomic E-state index is -2.16. The van der Waals surface area contributed by atoms with Gasteiger partial charge in [-0.05, 0) is 54.5 Å². The van der Waals surface area contributed by atoms with E-state index in [2.05, 4.69) is 4.98 Å². The lowest BCUT2D eigenvalue weighted by molar-refractivity contribution is 0.0691. The second-order valence-corrected chi connectivity index (χ2v) is 12.2. The van der Waals surface area contributed by atoms with E-state index in [0.29, 0.717) is 41.1 Å². The third-order valence-corrected chi connectivity index (χ3v) is 8.78. The van der Waals surface area contributed by atoms with Crippen LogP contribution in [0.5, 0.6) is 5.75 Å². The van der Waals surface area contributed by atoms with Gasteiger partial charge in [0, 0.05) is 29.0 Å². The number of rotatable bonds is 11. The zero-order valence-corrected chi connectivity index (χ0v) is 24.6. The molecule has 3 aromatic carbocycles. The van der Waals surface area contributed by atoms with Gasteiger partial charge in [0.25, 0.3) is 0 Å². The quantitative estimate of drug-likeness (QED) is 0.142. The van der Waals surface area contributed by atoms with Gasteiger partial charge in [0.15, 0.2) is 21.6 Å². The summed E-state index contributed by atoms with van der Waals surface area (Å²) >= 11 is 1.20. The molecule has 5 aromatic rings. The highest BCUT2D eigenvalue weighted by Crippen LogP contribution is 2.39. The van der Waals surface area contributed by atoms with Crippen LogP contribution in [0.4, 0.5) is 4.39 Å². The zero-order chi connectivity index (χ0) is 29.2. The summed E-state index contributed by atoms with van der Waals surface area (Å²) in [7, 11) is -2.16. The smallest absolute Gasteiger partial charge is 0.355 e. The van der Waals surface area contributed by atoms with Crippen LogP contribution >= 0.6 is 11.3 Å². The summed E-state index contributed by atoms with van der Waals surface area (Å²) in [6.45, 7) is 0.399. The predicted octanol–water partition coefficient (Wildman–Crippen LogP) is 5.71. The molecule has 1 unspecified atom stereocenters. The van der Waals surface area contributed by atoms with Crippen molar-refractivity contribution in [3.05, 3.63) is 112 Å². The molecule has 4 N–H and O–H groups in total. The van der Waals surface area contributed by atoms with Gasteiger partial charge >= 0.3 is 5.97 Å². The summed E-state index contributed by atoms with van der Waals surface area (Å²) in [5.74, 6) is -0.498. The number of hydrogen-bond acceptors (Lipinski definition) is 7. The van der Waals surface area contributed by atoms with Gasteiger partial charge in [-0.3, -0.25) is 0 Å². The Morgan fingerprint density at radius 3 is 2.58 bits per heavy atom. The van der Waals surface area contributed by atoms with Crippen LogP contribution in [0.15, 0.2) is 83.1 Å². The molecule has 0 spiro atoms. The van der Waals surface area contributed by atoms with Crippen LogP contribution in [0, 0.1) is 11.7 Å². The van der Waals surface area contributed by atoms with Crippen molar-refractivity contribution in [1.29, 1.82) is 0 Å². The Labute approximate surface area is 253 Å². The van der Waals surface area contributed by atoms with E-state index in [1.54, 1.807) is 16.8 Å². The van der Waals surface area contributed by atoms with E-state index in [4.69, 9.17) is 15.0 Å². The van der Waals surface area contributed by atoms with E-state index in [-0.39, 0.29) is 22.5 Å². The van der Waals surface area contributed by atoms with Crippen molar-refractivity contribution in [2.24, 2.45) is 11.1 Å². The van der Waals surface area contributed by atoms with Crippen LogP contribution in [0.2, 0.25) is 0 Å². The van der Waals surface area contributed by atoms with Crippen molar-refractivity contribution in [3.63, 3.8) is 0 Å². The number of aromatic nitrogens is 3. The van der Waals surface area contributed by atoms with E-state index in [1.165, 1.54) is 22.8 Å². The molecule has 1 aliphatic carbocycles. The fourth-order valence-electron chi connectivity index (χ4n) is 4.81. The number of thiazole rings is 1. The maximum Gasteiger partial charge on any atom is 0.355 e. The molecule has 0 bridgehead atoms. The molecule has 1 fully saturated rings. The Kier molecular flexibility index (Phi) is 9.11. The van der Waals surface area contributed by atoms with Crippen molar-refractivity contribution in [2.45, 2.75) is 37.2 Å². The van der Waals surface area contributed by atoms with E-state index < -0.39 is 22.8 Å². The van der Waals surface area contributed by atoms with E-state index >= 15 is 4.39 Å². The Bertz CT molecular complexity index is 1790. The number of benzene rings is 3. The maximum absolute atomic E-state index is 15.3. The first-order valence-electron chi connectivity index (χ1n) is 13.4. The molecular weight excluding hydrogens is 591 g/mol. The minimum absolute atomic E-state index is 0. The summed E-state index contributed by atoms with van der Waals surface area (Å²) in [5.41, 5.74) is 4.49. The van der Waals surface area contributed by atoms with Crippen molar-refractivity contribution >= 4 is 28.3 Å². The Hall–Kier alpha value is -4.23. The normalized spacial score (nSPS) is 13.3. The molecular formula is C31H29FN4O5S2. The highest BCUT2D eigenvalue weighted by molar-refractivity contribution is 7.82. The molecule has 12 heteroatoms. The SMILES string of the molecule is N[SH+](=O)c1ccc(Cc2c(-c3cccc(OCc4ccccc4)c3)nn(-c3nc(C(=O)O)cs3)c2CC2CC2)c(F)c1.[OH-]. The molecule has 6 rings (SSSR count). The first-order valence-corrected chi connectivity index (χ1v) is 15.6. The number of thiol groups is 1. The van der Waals surface area contributed by atoms with Gasteiger partial charge in [0.05, 0.1) is 11.4 Å². The summed E-state index contributed by atoms with van der Waals surface area (Å²) in [4.78, 5) is 16.2. The number of nitrogens with two attached hydrogens (primary N) is 1. The second-order valence-electron chi connectivity index (χ2n) is 10.2. The Morgan fingerprint density at radius 2 is 1.91 bits per heavy atom. The molecule has 2 heterocycles. The highest BCUT2D eigenvalue weighted by atomic mass is 32.2. The van der Waals surface area contributed by atoms with Gasteiger partial charge in [0.2, 0.25) is 5.13 Å². The Balaban J connectivity index is 0.00000368. The fourth-order valence-corrected chi connectivity index (χ4v) is 6.04. The minimum Gasteiger partial charge on any atom is -0.870 e. The maximum atomic E-state index is 15.3. The summed E-state index contributed by atoms with van der Waals surface area (Å²) in [5, 5.41) is 21.9. The number of halogens is 1. The van der Waals surface area contributed by atoms with Gasteiger partial charge in [-0.15, -0.1) is 16.5 Å². The molecule has 222 valence electrons. The first-order chi connectivity index (χ1) is 20.4. The molecule has 0 radical (unpaired) electrons. The average molecular weight is 621 g/mol. The lowest BCUT2D eigenvalue weighted by Crippen LogP contribution is -2.07. The summed E-state index contributed by atoms with van der Waals surface area (Å²) in [6, 6.07) is 21.9. The molecule has 1 aliphatic rings.